The molecule has 0 aliphatic carbocycles. The number of nitrogens with zero attached hydrogens (tertiary/aromatic N) is 1. The van der Waals surface area contributed by atoms with E-state index in [9.17, 15) is 9.18 Å². The quantitative estimate of drug-likeness (QED) is 0.802. The maximum Gasteiger partial charge on any atom is 0.255 e. The third-order valence-corrected chi connectivity index (χ3v) is 5.26. The van der Waals surface area contributed by atoms with Crippen LogP contribution in [0.15, 0.2) is 16.6 Å². The van der Waals surface area contributed by atoms with Gasteiger partial charge < -0.3 is 15.4 Å². The Morgan fingerprint density at radius 2 is 2.38 bits per heavy atom. The highest BCUT2D eigenvalue weighted by molar-refractivity contribution is 9.10. The fraction of sp³-hybridized carbons (Fsp3) is 0.500. The molecule has 1 fully saturated rings. The minimum atomic E-state index is -0.529. The zero-order valence-corrected chi connectivity index (χ0v) is 14.2. The number of rotatable bonds is 5. The average Bonchev–Trinajstić information content (AvgIpc) is 2.97. The largest absolute Gasteiger partial charge is 0.396 e. The van der Waals surface area contributed by atoms with Gasteiger partial charge in [0, 0.05) is 29.9 Å². The van der Waals surface area contributed by atoms with Gasteiger partial charge in [-0.3, -0.25) is 4.79 Å². The number of hydrogen-bond donors (Lipinski definition) is 1. The predicted molar refractivity (Wildman–Crippen MR) is 87.2 cm³/mol. The van der Waals surface area contributed by atoms with Crippen molar-refractivity contribution < 1.29 is 13.9 Å². The van der Waals surface area contributed by atoms with E-state index in [2.05, 4.69) is 15.9 Å². The fourth-order valence-electron chi connectivity index (χ4n) is 2.29. The van der Waals surface area contributed by atoms with Crippen LogP contribution >= 0.6 is 27.7 Å². The Balaban J connectivity index is 2.26. The zero-order chi connectivity index (χ0) is 15.4. The number of nitrogens with two attached hydrogens (primary N) is 1. The molecule has 116 valence electrons. The number of methoxy groups -OCH3 is 1. The fourth-order valence-corrected chi connectivity index (χ4v) is 4.00. The molecule has 1 aromatic rings. The van der Waals surface area contributed by atoms with Crippen molar-refractivity contribution in [2.75, 3.05) is 37.5 Å². The van der Waals surface area contributed by atoms with E-state index in [1.165, 1.54) is 12.1 Å². The molecule has 1 amide bonds. The van der Waals surface area contributed by atoms with Gasteiger partial charge in [0.2, 0.25) is 0 Å². The molecule has 7 heteroatoms. The summed E-state index contributed by atoms with van der Waals surface area (Å²) < 4.78 is 18.9. The molecule has 1 aliphatic rings. The number of carbonyl (C=O) groups excluding carboxylic acids is 1. The van der Waals surface area contributed by atoms with Crippen molar-refractivity contribution in [2.45, 2.75) is 12.5 Å². The number of ether oxygens (including phenoxy) is 1. The molecule has 0 saturated carbocycles. The summed E-state index contributed by atoms with van der Waals surface area (Å²) in [6.07, 6.45) is 0.967. The van der Waals surface area contributed by atoms with E-state index in [0.717, 1.165) is 17.9 Å². The van der Waals surface area contributed by atoms with Gasteiger partial charge in [-0.05, 0) is 40.2 Å². The van der Waals surface area contributed by atoms with Crippen molar-refractivity contribution in [2.24, 2.45) is 0 Å². The highest BCUT2D eigenvalue weighted by Crippen LogP contribution is 2.28. The normalized spacial score (nSPS) is 18.0. The zero-order valence-electron chi connectivity index (χ0n) is 11.8. The average molecular weight is 377 g/mol. The summed E-state index contributed by atoms with van der Waals surface area (Å²) in [5.41, 5.74) is 5.96. The van der Waals surface area contributed by atoms with Crippen LogP contribution in [0.4, 0.5) is 10.1 Å². The minimum absolute atomic E-state index is 0.0194. The predicted octanol–water partition coefficient (Wildman–Crippen LogP) is 2.76. The summed E-state index contributed by atoms with van der Waals surface area (Å²) in [6.45, 7) is 0.992. The molecular formula is C14H18BrFN2O2S. The lowest BCUT2D eigenvalue weighted by molar-refractivity contribution is 0.0624. The van der Waals surface area contributed by atoms with E-state index in [4.69, 9.17) is 10.5 Å². The van der Waals surface area contributed by atoms with Gasteiger partial charge >= 0.3 is 0 Å². The van der Waals surface area contributed by atoms with Gasteiger partial charge in [0.25, 0.3) is 5.91 Å². The van der Waals surface area contributed by atoms with Crippen molar-refractivity contribution in [1.29, 1.82) is 0 Å². The number of anilines is 1. The summed E-state index contributed by atoms with van der Waals surface area (Å²) in [7, 11) is 1.61. The summed E-state index contributed by atoms with van der Waals surface area (Å²) in [6, 6.07) is 2.82. The standard InChI is InChI=1S/C14H18BrFN2O2S/c1-20-4-3-18(9-2-5-21-8-9)14(19)10-6-13(17)12(16)7-11(10)15/h6-7,9H,2-5,8,17H2,1H3. The van der Waals surface area contributed by atoms with Crippen LogP contribution in [-0.2, 0) is 4.74 Å². The van der Waals surface area contributed by atoms with Gasteiger partial charge in [0.15, 0.2) is 0 Å². The van der Waals surface area contributed by atoms with Crippen LogP contribution in [0.1, 0.15) is 16.8 Å². The topological polar surface area (TPSA) is 55.6 Å². The van der Waals surface area contributed by atoms with E-state index in [1.54, 1.807) is 12.0 Å². The third kappa shape index (κ3) is 3.90. The summed E-state index contributed by atoms with van der Waals surface area (Å²) in [5, 5.41) is 0. The molecule has 0 spiro atoms. The van der Waals surface area contributed by atoms with E-state index < -0.39 is 5.82 Å². The Labute approximate surface area is 136 Å². The van der Waals surface area contributed by atoms with Crippen LogP contribution in [0.2, 0.25) is 0 Å². The lowest BCUT2D eigenvalue weighted by atomic mass is 10.1. The lowest BCUT2D eigenvalue weighted by Gasteiger charge is -2.29. The number of amides is 1. The molecule has 1 aromatic carbocycles. The molecule has 0 bridgehead atoms. The molecule has 0 radical (unpaired) electrons. The van der Waals surface area contributed by atoms with Gasteiger partial charge in [-0.25, -0.2) is 4.39 Å². The number of hydrogen-bond acceptors (Lipinski definition) is 4. The highest BCUT2D eigenvalue weighted by atomic mass is 79.9. The second-order valence-electron chi connectivity index (χ2n) is 4.86. The minimum Gasteiger partial charge on any atom is -0.396 e. The molecule has 4 nitrogen and oxygen atoms in total. The molecule has 1 aliphatic heterocycles. The first-order valence-electron chi connectivity index (χ1n) is 6.66. The number of carbonyl (C=O) groups is 1. The van der Waals surface area contributed by atoms with Gasteiger partial charge in [-0.1, -0.05) is 0 Å². The van der Waals surface area contributed by atoms with Crippen LogP contribution in [-0.4, -0.2) is 48.6 Å². The van der Waals surface area contributed by atoms with Gasteiger partial charge in [0.1, 0.15) is 5.82 Å². The molecule has 21 heavy (non-hydrogen) atoms. The van der Waals surface area contributed by atoms with Crippen molar-refractivity contribution in [3.05, 3.63) is 28.0 Å². The first-order chi connectivity index (χ1) is 10.0. The number of thioether (sulfide) groups is 1. The van der Waals surface area contributed by atoms with Crippen LogP contribution in [0.3, 0.4) is 0 Å². The molecule has 1 saturated heterocycles. The SMILES string of the molecule is COCCN(C(=O)c1cc(N)c(F)cc1Br)C1CCSC1. The van der Waals surface area contributed by atoms with Gasteiger partial charge in [0.05, 0.1) is 17.9 Å². The molecule has 1 atom stereocenters. The lowest BCUT2D eigenvalue weighted by Crippen LogP contribution is -2.42. The Hall–Kier alpha value is -0.790. The number of halogens is 2. The van der Waals surface area contributed by atoms with E-state index in [-0.39, 0.29) is 17.6 Å². The van der Waals surface area contributed by atoms with Crippen LogP contribution in [0.25, 0.3) is 0 Å². The summed E-state index contributed by atoms with van der Waals surface area (Å²) in [5.74, 6) is 1.30. The van der Waals surface area contributed by atoms with E-state index in [0.29, 0.717) is 23.2 Å². The van der Waals surface area contributed by atoms with Gasteiger partial charge in [-0.2, -0.15) is 11.8 Å². The number of nitrogen functional groups attached to an aromatic ring is 1. The molecule has 1 heterocycles. The van der Waals surface area contributed by atoms with Crippen LogP contribution in [0.5, 0.6) is 0 Å². The Kier molecular flexibility index (Phi) is 5.89. The second kappa shape index (κ2) is 7.47. The van der Waals surface area contributed by atoms with Crippen molar-refractivity contribution in [3.63, 3.8) is 0 Å². The number of benzene rings is 1. The first-order valence-corrected chi connectivity index (χ1v) is 8.61. The van der Waals surface area contributed by atoms with Crippen molar-refractivity contribution in [3.8, 4) is 0 Å². The summed E-state index contributed by atoms with van der Waals surface area (Å²) in [4.78, 5) is 14.6. The molecule has 2 N–H and O–H groups in total. The second-order valence-corrected chi connectivity index (χ2v) is 6.87. The molecule has 1 unspecified atom stereocenters. The molecular weight excluding hydrogens is 359 g/mol. The van der Waals surface area contributed by atoms with Crippen LogP contribution < -0.4 is 5.73 Å². The van der Waals surface area contributed by atoms with Gasteiger partial charge in [-0.15, -0.1) is 0 Å². The molecule has 2 rings (SSSR count). The molecule has 0 aromatic heterocycles. The summed E-state index contributed by atoms with van der Waals surface area (Å²) >= 11 is 5.08. The first kappa shape index (κ1) is 16.6. The Morgan fingerprint density at radius 1 is 1.62 bits per heavy atom. The smallest absolute Gasteiger partial charge is 0.255 e. The van der Waals surface area contributed by atoms with E-state index >= 15 is 0 Å². The Morgan fingerprint density at radius 3 is 3.00 bits per heavy atom. The third-order valence-electron chi connectivity index (χ3n) is 3.46. The van der Waals surface area contributed by atoms with Crippen LogP contribution in [0, 0.1) is 5.82 Å². The monoisotopic (exact) mass is 376 g/mol. The highest BCUT2D eigenvalue weighted by Gasteiger charge is 2.29. The van der Waals surface area contributed by atoms with Crippen molar-refractivity contribution >= 4 is 39.3 Å². The Bertz CT molecular complexity index is 524. The maximum absolute atomic E-state index is 13.4. The van der Waals surface area contributed by atoms with E-state index in [1.807, 2.05) is 11.8 Å². The van der Waals surface area contributed by atoms with Crippen molar-refractivity contribution in [1.82, 2.24) is 4.90 Å². The maximum atomic E-state index is 13.4.